The van der Waals surface area contributed by atoms with Gasteiger partial charge in [-0.15, -0.1) is 0 Å². The molecule has 1 heterocycles. The first kappa shape index (κ1) is 15.9. The number of hydrogen-bond donors (Lipinski definition) is 1. The number of rotatable bonds is 6. The number of nitrogens with zero attached hydrogens (tertiary/aromatic N) is 1. The molecule has 4 nitrogen and oxygen atoms in total. The van der Waals surface area contributed by atoms with Gasteiger partial charge in [0.1, 0.15) is 18.2 Å². The van der Waals surface area contributed by atoms with Crippen molar-refractivity contribution in [2.75, 3.05) is 25.6 Å². The minimum Gasteiger partial charge on any atom is -0.490 e. The number of fused-ring (bicyclic) bond motifs is 2. The molecule has 0 fully saturated rings. The number of aromatic nitrogens is 1. The summed E-state index contributed by atoms with van der Waals surface area (Å²) in [6.45, 7) is 1.11. The van der Waals surface area contributed by atoms with Crippen LogP contribution in [0.15, 0.2) is 54.6 Å². The average molecular weight is 334 g/mol. The number of methoxy groups -OCH3 is 1. The first-order valence-electron chi connectivity index (χ1n) is 8.71. The van der Waals surface area contributed by atoms with E-state index >= 15 is 0 Å². The van der Waals surface area contributed by atoms with Crippen LogP contribution in [0.2, 0.25) is 0 Å². The summed E-state index contributed by atoms with van der Waals surface area (Å²) in [5.74, 6) is 1.75. The summed E-state index contributed by atoms with van der Waals surface area (Å²) < 4.78 is 10.8. The molecule has 2 aromatic carbocycles. The van der Waals surface area contributed by atoms with Crippen molar-refractivity contribution in [1.82, 2.24) is 4.98 Å². The highest BCUT2D eigenvalue weighted by Gasteiger charge is 2.21. The Hall–Kier alpha value is -2.59. The molecule has 0 spiro atoms. The molecule has 128 valence electrons. The molecule has 0 aliphatic heterocycles. The predicted molar refractivity (Wildman–Crippen MR) is 100 cm³/mol. The smallest absolute Gasteiger partial charge is 0.128 e. The Labute approximate surface area is 147 Å². The maximum Gasteiger partial charge on any atom is 0.128 e. The lowest BCUT2D eigenvalue weighted by molar-refractivity contribution is 0.147. The summed E-state index contributed by atoms with van der Waals surface area (Å²) >= 11 is 0. The van der Waals surface area contributed by atoms with E-state index in [9.17, 15) is 0 Å². The molecule has 3 aromatic rings. The van der Waals surface area contributed by atoms with Crippen LogP contribution in [0.3, 0.4) is 0 Å². The Morgan fingerprint density at radius 3 is 2.88 bits per heavy atom. The largest absolute Gasteiger partial charge is 0.490 e. The Morgan fingerprint density at radius 1 is 1.04 bits per heavy atom. The molecule has 1 aromatic heterocycles. The van der Waals surface area contributed by atoms with Crippen molar-refractivity contribution in [3.05, 3.63) is 65.7 Å². The summed E-state index contributed by atoms with van der Waals surface area (Å²) in [5, 5.41) is 4.61. The molecular formula is C21H22N2O2. The Balaban J connectivity index is 1.56. The molecule has 1 atom stereocenters. The number of pyridine rings is 1. The van der Waals surface area contributed by atoms with Gasteiger partial charge in [0.05, 0.1) is 18.2 Å². The lowest BCUT2D eigenvalue weighted by atomic mass is 10.1. The van der Waals surface area contributed by atoms with Gasteiger partial charge in [-0.3, -0.25) is 0 Å². The van der Waals surface area contributed by atoms with Gasteiger partial charge in [0, 0.05) is 12.5 Å². The van der Waals surface area contributed by atoms with Gasteiger partial charge in [0.25, 0.3) is 0 Å². The predicted octanol–water partition coefficient (Wildman–Crippen LogP) is 4.36. The topological polar surface area (TPSA) is 43.4 Å². The van der Waals surface area contributed by atoms with Crippen molar-refractivity contribution in [3.63, 3.8) is 0 Å². The molecule has 1 aliphatic rings. The lowest BCUT2D eigenvalue weighted by Crippen LogP contribution is -2.08. The van der Waals surface area contributed by atoms with Crippen LogP contribution in [0.4, 0.5) is 5.82 Å². The van der Waals surface area contributed by atoms with Crippen molar-refractivity contribution in [2.24, 2.45) is 0 Å². The molecule has 1 N–H and O–H groups in total. The van der Waals surface area contributed by atoms with Crippen molar-refractivity contribution < 1.29 is 9.47 Å². The number of ether oxygens (including phenoxy) is 2. The van der Waals surface area contributed by atoms with E-state index in [4.69, 9.17) is 14.5 Å². The van der Waals surface area contributed by atoms with Crippen molar-refractivity contribution in [1.29, 1.82) is 0 Å². The van der Waals surface area contributed by atoms with Crippen LogP contribution < -0.4 is 10.1 Å². The highest BCUT2D eigenvalue weighted by molar-refractivity contribution is 5.86. The Bertz CT molecular complexity index is 879. The first-order valence-corrected chi connectivity index (χ1v) is 8.71. The summed E-state index contributed by atoms with van der Waals surface area (Å²) in [6.07, 6.45) is 2.23. The fourth-order valence-corrected chi connectivity index (χ4v) is 3.45. The number of hydrogen-bond acceptors (Lipinski definition) is 4. The molecule has 4 rings (SSSR count). The fraction of sp³-hybridized carbons (Fsp3) is 0.286. The minimum atomic E-state index is 0.335. The molecule has 0 unspecified atom stereocenters. The van der Waals surface area contributed by atoms with Gasteiger partial charge < -0.3 is 14.8 Å². The SMILES string of the molecule is COCCOc1cccc2nc(N[C@@H]3CCc4ccccc43)ccc12. The van der Waals surface area contributed by atoms with E-state index in [1.807, 2.05) is 24.3 Å². The van der Waals surface area contributed by atoms with Crippen molar-refractivity contribution in [3.8, 4) is 5.75 Å². The third kappa shape index (κ3) is 3.30. The second-order valence-corrected chi connectivity index (χ2v) is 6.30. The van der Waals surface area contributed by atoms with E-state index in [-0.39, 0.29) is 0 Å². The van der Waals surface area contributed by atoms with E-state index in [1.54, 1.807) is 7.11 Å². The van der Waals surface area contributed by atoms with Crippen molar-refractivity contribution in [2.45, 2.75) is 18.9 Å². The molecular weight excluding hydrogens is 312 g/mol. The summed E-state index contributed by atoms with van der Waals surface area (Å²) in [5.41, 5.74) is 3.77. The van der Waals surface area contributed by atoms with E-state index in [1.165, 1.54) is 11.1 Å². The zero-order valence-electron chi connectivity index (χ0n) is 14.4. The van der Waals surface area contributed by atoms with Crippen LogP contribution in [0, 0.1) is 0 Å². The summed E-state index contributed by atoms with van der Waals surface area (Å²) in [6, 6.07) is 19.1. The number of aryl methyl sites for hydroxylation is 1. The number of anilines is 1. The molecule has 1 aliphatic carbocycles. The Kier molecular flexibility index (Phi) is 4.53. The third-order valence-electron chi connectivity index (χ3n) is 4.69. The first-order chi connectivity index (χ1) is 12.3. The van der Waals surface area contributed by atoms with Gasteiger partial charge in [-0.25, -0.2) is 4.98 Å². The van der Waals surface area contributed by atoms with Gasteiger partial charge in [0.15, 0.2) is 0 Å². The third-order valence-corrected chi connectivity index (χ3v) is 4.69. The second-order valence-electron chi connectivity index (χ2n) is 6.30. The van der Waals surface area contributed by atoms with E-state index in [0.717, 1.165) is 35.3 Å². The molecule has 0 bridgehead atoms. The highest BCUT2D eigenvalue weighted by atomic mass is 16.5. The molecule has 0 saturated heterocycles. The standard InChI is InChI=1S/C21H22N2O2/c1-24-13-14-25-20-8-4-7-18-17(20)10-12-21(22-18)23-19-11-9-15-5-2-3-6-16(15)19/h2-8,10,12,19H,9,11,13-14H2,1H3,(H,22,23)/t19-/m1/s1. The normalized spacial score (nSPS) is 16.0. The van der Waals surface area contributed by atoms with Gasteiger partial charge in [0.2, 0.25) is 0 Å². The highest BCUT2D eigenvalue weighted by Crippen LogP contribution is 2.34. The fourth-order valence-electron chi connectivity index (χ4n) is 3.45. The molecule has 25 heavy (non-hydrogen) atoms. The molecule has 0 radical (unpaired) electrons. The van der Waals surface area contributed by atoms with Crippen LogP contribution in [0.1, 0.15) is 23.6 Å². The summed E-state index contributed by atoms with van der Waals surface area (Å²) in [4.78, 5) is 4.78. The molecule has 0 amide bonds. The van der Waals surface area contributed by atoms with E-state index in [2.05, 4.69) is 35.6 Å². The number of nitrogens with one attached hydrogen (secondary N) is 1. The summed E-state index contributed by atoms with van der Waals surface area (Å²) in [7, 11) is 1.67. The monoisotopic (exact) mass is 334 g/mol. The zero-order chi connectivity index (χ0) is 17.1. The maximum absolute atomic E-state index is 5.79. The quantitative estimate of drug-likeness (QED) is 0.680. The van der Waals surface area contributed by atoms with Gasteiger partial charge in [-0.05, 0) is 48.2 Å². The van der Waals surface area contributed by atoms with Gasteiger partial charge in [-0.1, -0.05) is 30.3 Å². The molecule has 4 heteroatoms. The van der Waals surface area contributed by atoms with Crippen LogP contribution in [0.5, 0.6) is 5.75 Å². The van der Waals surface area contributed by atoms with Crippen LogP contribution in [-0.4, -0.2) is 25.3 Å². The average Bonchev–Trinajstić information content (AvgIpc) is 3.05. The maximum atomic E-state index is 5.79. The van der Waals surface area contributed by atoms with Crippen molar-refractivity contribution >= 4 is 16.7 Å². The van der Waals surface area contributed by atoms with Gasteiger partial charge >= 0.3 is 0 Å². The van der Waals surface area contributed by atoms with E-state index in [0.29, 0.717) is 19.3 Å². The van der Waals surface area contributed by atoms with Gasteiger partial charge in [-0.2, -0.15) is 0 Å². The van der Waals surface area contributed by atoms with Crippen LogP contribution in [0.25, 0.3) is 10.9 Å². The zero-order valence-corrected chi connectivity index (χ0v) is 14.4. The van der Waals surface area contributed by atoms with Crippen LogP contribution in [-0.2, 0) is 11.2 Å². The number of benzene rings is 2. The molecule has 0 saturated carbocycles. The minimum absolute atomic E-state index is 0.335. The van der Waals surface area contributed by atoms with E-state index < -0.39 is 0 Å². The second kappa shape index (κ2) is 7.11. The van der Waals surface area contributed by atoms with Crippen LogP contribution >= 0.6 is 0 Å². The Morgan fingerprint density at radius 2 is 1.96 bits per heavy atom. The lowest BCUT2D eigenvalue weighted by Gasteiger charge is -2.16.